The van der Waals surface area contributed by atoms with E-state index >= 15 is 0 Å². The van der Waals surface area contributed by atoms with Crippen LogP contribution < -0.4 is 74.2 Å². The summed E-state index contributed by atoms with van der Waals surface area (Å²) in [5.74, 6) is 0.565. The van der Waals surface area contributed by atoms with Crippen molar-refractivity contribution in [1.29, 1.82) is 0 Å². The van der Waals surface area contributed by atoms with Gasteiger partial charge in [0.25, 0.3) is 0 Å². The van der Waals surface area contributed by atoms with E-state index < -0.39 is 6.09 Å². The van der Waals surface area contributed by atoms with Crippen LogP contribution in [0.15, 0.2) is 30.3 Å². The van der Waals surface area contributed by atoms with Gasteiger partial charge >= 0.3 is 75.0 Å². The van der Waals surface area contributed by atoms with Crippen molar-refractivity contribution >= 4 is 23.0 Å². The van der Waals surface area contributed by atoms with Crippen LogP contribution in [0.1, 0.15) is 12.5 Å². The molecule has 1 aromatic carbocycles. The standard InChI is InChI=1S/C12H15NO3S.CH3.Cs/c1-10(14)17-8-7-13-12(15)16-9-11-5-3-2-4-6-11;;/h2-6H,7-9H2,1H3,(H,13,15);1H3;/q;-1;+1. The summed E-state index contributed by atoms with van der Waals surface area (Å²) in [4.78, 5) is 21.9. The molecule has 0 atom stereocenters. The number of hydrogen-bond donors (Lipinski definition) is 1. The average molecular weight is 401 g/mol. The van der Waals surface area contributed by atoms with Crippen molar-refractivity contribution in [1.82, 2.24) is 5.32 Å². The molecule has 0 bridgehead atoms. The zero-order valence-corrected chi connectivity index (χ0v) is 18.7. The summed E-state index contributed by atoms with van der Waals surface area (Å²) in [5, 5.41) is 2.62. The Morgan fingerprint density at radius 1 is 1.26 bits per heavy atom. The molecule has 1 aromatic rings. The third kappa shape index (κ3) is 12.0. The van der Waals surface area contributed by atoms with E-state index in [1.165, 1.54) is 18.7 Å². The summed E-state index contributed by atoms with van der Waals surface area (Å²) in [6, 6.07) is 9.46. The van der Waals surface area contributed by atoms with Gasteiger partial charge in [0, 0.05) is 19.2 Å². The SMILES string of the molecule is CC(=O)SCCNC(=O)OCc1ccccc1.[CH3-].[Cs+]. The molecule has 1 N–H and O–H groups in total. The van der Waals surface area contributed by atoms with Crippen molar-refractivity contribution in [2.75, 3.05) is 12.3 Å². The van der Waals surface area contributed by atoms with Gasteiger partial charge in [-0.2, -0.15) is 0 Å². The van der Waals surface area contributed by atoms with Gasteiger partial charge in [-0.3, -0.25) is 4.79 Å². The Morgan fingerprint density at radius 3 is 2.47 bits per heavy atom. The van der Waals surface area contributed by atoms with Crippen LogP contribution in [0, 0.1) is 7.43 Å². The molecule has 19 heavy (non-hydrogen) atoms. The summed E-state index contributed by atoms with van der Waals surface area (Å²) >= 11 is 1.18. The number of alkyl carbamates (subject to hydrolysis) is 1. The first-order valence-electron chi connectivity index (χ1n) is 5.26. The zero-order valence-electron chi connectivity index (χ0n) is 11.6. The molecule has 0 spiro atoms. The fourth-order valence-electron chi connectivity index (χ4n) is 1.12. The third-order valence-corrected chi connectivity index (χ3v) is 2.70. The Bertz CT molecular complexity index is 373. The number of amides is 1. The summed E-state index contributed by atoms with van der Waals surface area (Å²) in [7, 11) is 0. The predicted octanol–water partition coefficient (Wildman–Crippen LogP) is -0.353. The van der Waals surface area contributed by atoms with Gasteiger partial charge in [0.05, 0.1) is 0 Å². The van der Waals surface area contributed by atoms with Crippen molar-refractivity contribution in [3.63, 3.8) is 0 Å². The second-order valence-electron chi connectivity index (χ2n) is 3.33. The number of benzene rings is 1. The number of nitrogens with one attached hydrogen (secondary N) is 1. The van der Waals surface area contributed by atoms with Gasteiger partial charge < -0.3 is 17.5 Å². The van der Waals surface area contributed by atoms with Crippen LogP contribution in [0.5, 0.6) is 0 Å². The molecule has 0 saturated heterocycles. The quantitative estimate of drug-likeness (QED) is 0.542. The topological polar surface area (TPSA) is 55.4 Å². The molecule has 6 heteroatoms. The van der Waals surface area contributed by atoms with Crippen LogP contribution >= 0.6 is 11.8 Å². The molecule has 0 radical (unpaired) electrons. The fourth-order valence-corrected chi connectivity index (χ4v) is 1.61. The Labute approximate surface area is 177 Å². The van der Waals surface area contributed by atoms with E-state index in [4.69, 9.17) is 4.74 Å². The molecule has 4 nitrogen and oxygen atoms in total. The van der Waals surface area contributed by atoms with Gasteiger partial charge in [0.1, 0.15) is 6.61 Å². The molecule has 0 aliphatic heterocycles. The average Bonchev–Trinajstić information content (AvgIpc) is 2.33. The van der Waals surface area contributed by atoms with Gasteiger partial charge in [-0.25, -0.2) is 4.79 Å². The van der Waals surface area contributed by atoms with E-state index in [1.807, 2.05) is 30.3 Å². The Kier molecular flexibility index (Phi) is 15.6. The largest absolute Gasteiger partial charge is 1.00 e. The Hall–Kier alpha value is 0.562. The van der Waals surface area contributed by atoms with Crippen molar-refractivity contribution in [2.45, 2.75) is 13.5 Å². The maximum absolute atomic E-state index is 11.2. The van der Waals surface area contributed by atoms with Crippen molar-refractivity contribution in [3.8, 4) is 0 Å². The maximum atomic E-state index is 11.2. The van der Waals surface area contributed by atoms with Gasteiger partial charge in [-0.05, 0) is 5.56 Å². The molecule has 0 heterocycles. The maximum Gasteiger partial charge on any atom is 1.00 e. The van der Waals surface area contributed by atoms with E-state index in [2.05, 4.69) is 5.32 Å². The second kappa shape index (κ2) is 13.5. The summed E-state index contributed by atoms with van der Waals surface area (Å²) in [5.41, 5.74) is 0.945. The molecule has 0 unspecified atom stereocenters. The van der Waals surface area contributed by atoms with Crippen molar-refractivity contribution in [2.24, 2.45) is 0 Å². The van der Waals surface area contributed by atoms with Crippen LogP contribution in [0.25, 0.3) is 0 Å². The molecule has 0 aliphatic rings. The molecule has 0 aromatic heterocycles. The van der Waals surface area contributed by atoms with Crippen molar-refractivity contribution < 1.29 is 83.2 Å². The molecule has 0 aliphatic carbocycles. The number of rotatable bonds is 5. The minimum Gasteiger partial charge on any atom is -0.445 e. The number of hydrogen-bond acceptors (Lipinski definition) is 4. The molecule has 1 rings (SSSR count). The Balaban J connectivity index is 0. The molecule has 100 valence electrons. The smallest absolute Gasteiger partial charge is 0.445 e. The van der Waals surface area contributed by atoms with Crippen LogP contribution in [-0.2, 0) is 16.1 Å². The van der Waals surface area contributed by atoms with E-state index in [9.17, 15) is 9.59 Å². The summed E-state index contributed by atoms with van der Waals surface area (Å²) < 4.78 is 4.99. The van der Waals surface area contributed by atoms with Gasteiger partial charge in [0.15, 0.2) is 5.12 Å². The zero-order chi connectivity index (χ0) is 12.5. The second-order valence-corrected chi connectivity index (χ2v) is 4.60. The minimum absolute atomic E-state index is 0. The van der Waals surface area contributed by atoms with Crippen LogP contribution in [0.4, 0.5) is 4.79 Å². The molecular weight excluding hydrogens is 383 g/mol. The van der Waals surface area contributed by atoms with E-state index in [1.54, 1.807) is 0 Å². The monoisotopic (exact) mass is 401 g/mol. The minimum atomic E-state index is -0.460. The number of carbonyl (C=O) groups is 2. The molecule has 0 fully saturated rings. The third-order valence-electron chi connectivity index (χ3n) is 1.89. The summed E-state index contributed by atoms with van der Waals surface area (Å²) in [6.07, 6.45) is -0.460. The Morgan fingerprint density at radius 2 is 1.89 bits per heavy atom. The van der Waals surface area contributed by atoms with E-state index in [-0.39, 0.29) is 88.0 Å². The van der Waals surface area contributed by atoms with Crippen LogP contribution in [-0.4, -0.2) is 23.5 Å². The molecule has 0 saturated carbocycles. The van der Waals surface area contributed by atoms with Gasteiger partial charge in [0.2, 0.25) is 0 Å². The first kappa shape index (κ1) is 21.9. The first-order chi connectivity index (χ1) is 8.18. The number of carbonyl (C=O) groups excluding carboxylic acids is 2. The van der Waals surface area contributed by atoms with E-state index in [0.29, 0.717) is 12.3 Å². The van der Waals surface area contributed by atoms with Crippen molar-refractivity contribution in [3.05, 3.63) is 43.3 Å². The fraction of sp³-hybridized carbons (Fsp3) is 0.308. The first-order valence-corrected chi connectivity index (χ1v) is 6.25. The predicted molar refractivity (Wildman–Crippen MR) is 74.2 cm³/mol. The summed E-state index contributed by atoms with van der Waals surface area (Å²) in [6.45, 7) is 2.18. The van der Waals surface area contributed by atoms with Crippen LogP contribution in [0.2, 0.25) is 0 Å². The van der Waals surface area contributed by atoms with Gasteiger partial charge in [-0.15, -0.1) is 0 Å². The van der Waals surface area contributed by atoms with E-state index in [0.717, 1.165) is 5.56 Å². The molecular formula is C13H18CsNO3S. The number of thioether (sulfide) groups is 1. The number of ether oxygens (including phenoxy) is 1. The van der Waals surface area contributed by atoms with Crippen LogP contribution in [0.3, 0.4) is 0 Å². The molecule has 1 amide bonds. The normalized spacial score (nSPS) is 8.68. The van der Waals surface area contributed by atoms with Gasteiger partial charge in [-0.1, -0.05) is 42.1 Å².